The Morgan fingerprint density at radius 2 is 1.76 bits per heavy atom. The lowest BCUT2D eigenvalue weighted by Gasteiger charge is -2.31. The SMILES string of the molecule is Cc1ncnc(N2CC3CN(CC4CCC4)CC3C2)c1C. The third-order valence-corrected chi connectivity index (χ3v) is 5.91. The summed E-state index contributed by atoms with van der Waals surface area (Å²) in [5.41, 5.74) is 2.37. The summed E-state index contributed by atoms with van der Waals surface area (Å²) in [5, 5.41) is 0. The Bertz CT molecular complexity index is 512. The van der Waals surface area contributed by atoms with E-state index >= 15 is 0 Å². The first kappa shape index (κ1) is 13.5. The van der Waals surface area contributed by atoms with Gasteiger partial charge >= 0.3 is 0 Å². The lowest BCUT2D eigenvalue weighted by atomic mass is 9.85. The summed E-state index contributed by atoms with van der Waals surface area (Å²) in [4.78, 5) is 14.1. The van der Waals surface area contributed by atoms with Crippen molar-refractivity contribution >= 4 is 5.82 Å². The van der Waals surface area contributed by atoms with E-state index in [1.54, 1.807) is 6.33 Å². The Balaban J connectivity index is 1.40. The van der Waals surface area contributed by atoms with Gasteiger partial charge in [0.25, 0.3) is 0 Å². The molecule has 2 saturated heterocycles. The first-order valence-electron chi connectivity index (χ1n) is 8.46. The molecule has 1 aliphatic carbocycles. The molecule has 0 amide bonds. The van der Waals surface area contributed by atoms with Gasteiger partial charge in [0.1, 0.15) is 12.1 Å². The van der Waals surface area contributed by atoms with Gasteiger partial charge in [-0.05, 0) is 44.4 Å². The molecule has 4 nitrogen and oxygen atoms in total. The van der Waals surface area contributed by atoms with E-state index in [9.17, 15) is 0 Å². The molecule has 3 heterocycles. The van der Waals surface area contributed by atoms with E-state index in [-0.39, 0.29) is 0 Å². The van der Waals surface area contributed by atoms with E-state index in [1.165, 1.54) is 63.4 Å². The maximum Gasteiger partial charge on any atom is 0.135 e. The van der Waals surface area contributed by atoms with Crippen LogP contribution in [-0.2, 0) is 0 Å². The van der Waals surface area contributed by atoms with Gasteiger partial charge in [0, 0.05) is 44.0 Å². The van der Waals surface area contributed by atoms with Crippen LogP contribution in [-0.4, -0.2) is 47.6 Å². The zero-order valence-corrected chi connectivity index (χ0v) is 13.3. The Morgan fingerprint density at radius 1 is 1.05 bits per heavy atom. The molecule has 21 heavy (non-hydrogen) atoms. The average Bonchev–Trinajstić information content (AvgIpc) is 2.95. The predicted octanol–water partition coefficient (Wildman–Crippen LogP) is 2.26. The molecule has 2 unspecified atom stereocenters. The highest BCUT2D eigenvalue weighted by atomic mass is 15.3. The predicted molar refractivity (Wildman–Crippen MR) is 84.5 cm³/mol. The van der Waals surface area contributed by atoms with Gasteiger partial charge in [0.05, 0.1) is 0 Å². The molecule has 1 aromatic rings. The quantitative estimate of drug-likeness (QED) is 0.853. The normalized spacial score (nSPS) is 29.7. The van der Waals surface area contributed by atoms with Crippen LogP contribution in [0.1, 0.15) is 30.5 Å². The smallest absolute Gasteiger partial charge is 0.135 e. The number of aryl methyl sites for hydroxylation is 1. The maximum atomic E-state index is 4.54. The van der Waals surface area contributed by atoms with Crippen molar-refractivity contribution in [1.29, 1.82) is 0 Å². The summed E-state index contributed by atoms with van der Waals surface area (Å²) in [6.45, 7) is 10.6. The van der Waals surface area contributed by atoms with Gasteiger partial charge in [-0.15, -0.1) is 0 Å². The van der Waals surface area contributed by atoms with E-state index in [2.05, 4.69) is 33.6 Å². The van der Waals surface area contributed by atoms with Gasteiger partial charge in [-0.1, -0.05) is 6.42 Å². The third kappa shape index (κ3) is 2.44. The number of nitrogens with zero attached hydrogens (tertiary/aromatic N) is 4. The molecular formula is C17H26N4. The van der Waals surface area contributed by atoms with E-state index in [0.29, 0.717) is 0 Å². The van der Waals surface area contributed by atoms with E-state index in [0.717, 1.165) is 23.4 Å². The minimum absolute atomic E-state index is 0.847. The highest BCUT2D eigenvalue weighted by molar-refractivity contribution is 5.48. The number of rotatable bonds is 3. The van der Waals surface area contributed by atoms with E-state index in [4.69, 9.17) is 0 Å². The second-order valence-corrected chi connectivity index (χ2v) is 7.35. The Morgan fingerprint density at radius 3 is 2.38 bits per heavy atom. The fourth-order valence-corrected chi connectivity index (χ4v) is 4.30. The first-order chi connectivity index (χ1) is 10.2. The van der Waals surface area contributed by atoms with Crippen molar-refractivity contribution in [2.24, 2.45) is 17.8 Å². The molecule has 3 fully saturated rings. The molecule has 3 aliphatic rings. The summed E-state index contributed by atoms with van der Waals surface area (Å²) in [7, 11) is 0. The molecular weight excluding hydrogens is 260 g/mol. The average molecular weight is 286 g/mol. The van der Waals surface area contributed by atoms with Crippen LogP contribution in [0.2, 0.25) is 0 Å². The zero-order chi connectivity index (χ0) is 14.4. The fourth-order valence-electron chi connectivity index (χ4n) is 4.30. The van der Waals surface area contributed by atoms with Crippen LogP contribution < -0.4 is 4.90 Å². The Labute approximate surface area is 127 Å². The zero-order valence-electron chi connectivity index (χ0n) is 13.3. The molecule has 4 heteroatoms. The van der Waals surface area contributed by atoms with Crippen molar-refractivity contribution in [3.8, 4) is 0 Å². The highest BCUT2D eigenvalue weighted by Crippen LogP contribution is 2.36. The standard InChI is InChI=1S/C17H26N4/c1-12-13(2)18-11-19-17(12)21-9-15-7-20(8-16(15)10-21)6-14-4-3-5-14/h11,14-16H,3-10H2,1-2H3. The highest BCUT2D eigenvalue weighted by Gasteiger charge is 2.41. The first-order valence-corrected chi connectivity index (χ1v) is 8.46. The number of likely N-dealkylation sites (tertiary alicyclic amines) is 1. The van der Waals surface area contributed by atoms with Crippen LogP contribution in [0.5, 0.6) is 0 Å². The number of hydrogen-bond acceptors (Lipinski definition) is 4. The van der Waals surface area contributed by atoms with Crippen LogP contribution in [0.25, 0.3) is 0 Å². The van der Waals surface area contributed by atoms with Crippen molar-refractivity contribution in [2.45, 2.75) is 33.1 Å². The number of fused-ring (bicyclic) bond motifs is 1. The second-order valence-electron chi connectivity index (χ2n) is 7.35. The van der Waals surface area contributed by atoms with Crippen LogP contribution in [0.3, 0.4) is 0 Å². The summed E-state index contributed by atoms with van der Waals surface area (Å²) in [6, 6.07) is 0. The monoisotopic (exact) mass is 286 g/mol. The Kier molecular flexibility index (Phi) is 3.37. The molecule has 114 valence electrons. The van der Waals surface area contributed by atoms with Gasteiger partial charge in [0.15, 0.2) is 0 Å². The summed E-state index contributed by atoms with van der Waals surface area (Å²) in [6.07, 6.45) is 6.12. The van der Waals surface area contributed by atoms with Crippen LogP contribution in [0.4, 0.5) is 5.82 Å². The minimum Gasteiger partial charge on any atom is -0.356 e. The van der Waals surface area contributed by atoms with Crippen LogP contribution >= 0.6 is 0 Å². The lowest BCUT2D eigenvalue weighted by molar-refractivity contribution is 0.197. The van der Waals surface area contributed by atoms with Crippen molar-refractivity contribution in [1.82, 2.24) is 14.9 Å². The molecule has 0 N–H and O–H groups in total. The molecule has 0 radical (unpaired) electrons. The topological polar surface area (TPSA) is 32.3 Å². The van der Waals surface area contributed by atoms with Crippen molar-refractivity contribution < 1.29 is 0 Å². The number of anilines is 1. The van der Waals surface area contributed by atoms with Gasteiger partial charge in [0.2, 0.25) is 0 Å². The molecule has 0 spiro atoms. The third-order valence-electron chi connectivity index (χ3n) is 5.91. The maximum absolute atomic E-state index is 4.54. The van der Waals surface area contributed by atoms with Gasteiger partial charge < -0.3 is 9.80 Å². The van der Waals surface area contributed by atoms with Crippen LogP contribution in [0, 0.1) is 31.6 Å². The van der Waals surface area contributed by atoms with Crippen LogP contribution in [0.15, 0.2) is 6.33 Å². The molecule has 0 aromatic carbocycles. The second kappa shape index (κ2) is 5.24. The molecule has 1 aromatic heterocycles. The molecule has 2 atom stereocenters. The van der Waals surface area contributed by atoms with Crippen molar-refractivity contribution in [3.63, 3.8) is 0 Å². The minimum atomic E-state index is 0.847. The summed E-state index contributed by atoms with van der Waals surface area (Å²) < 4.78 is 0. The van der Waals surface area contributed by atoms with E-state index < -0.39 is 0 Å². The van der Waals surface area contributed by atoms with Crippen molar-refractivity contribution in [3.05, 3.63) is 17.6 Å². The summed E-state index contributed by atoms with van der Waals surface area (Å²) >= 11 is 0. The molecule has 2 aliphatic heterocycles. The Hall–Kier alpha value is -1.16. The molecule has 1 saturated carbocycles. The largest absolute Gasteiger partial charge is 0.356 e. The van der Waals surface area contributed by atoms with Gasteiger partial charge in [-0.25, -0.2) is 9.97 Å². The number of aromatic nitrogens is 2. The lowest BCUT2D eigenvalue weighted by Crippen LogP contribution is -2.34. The fraction of sp³-hybridized carbons (Fsp3) is 0.765. The number of hydrogen-bond donors (Lipinski definition) is 0. The molecule has 0 bridgehead atoms. The van der Waals surface area contributed by atoms with Gasteiger partial charge in [-0.3, -0.25) is 0 Å². The summed E-state index contributed by atoms with van der Waals surface area (Å²) in [5.74, 6) is 3.87. The van der Waals surface area contributed by atoms with Crippen molar-refractivity contribution in [2.75, 3.05) is 37.6 Å². The van der Waals surface area contributed by atoms with Gasteiger partial charge in [-0.2, -0.15) is 0 Å². The molecule has 4 rings (SSSR count). The van der Waals surface area contributed by atoms with E-state index in [1.807, 2.05) is 0 Å².